The average Bonchev–Trinajstić information content (AvgIpc) is 2.75. The van der Waals surface area contributed by atoms with Gasteiger partial charge in [0.05, 0.1) is 38.1 Å². The Morgan fingerprint density at radius 3 is 2.60 bits per heavy atom. The van der Waals surface area contributed by atoms with Crippen molar-refractivity contribution in [2.24, 2.45) is 0 Å². The van der Waals surface area contributed by atoms with Gasteiger partial charge in [0, 0.05) is 17.9 Å². The molecule has 0 radical (unpaired) electrons. The lowest BCUT2D eigenvalue weighted by Gasteiger charge is -2.32. The van der Waals surface area contributed by atoms with E-state index in [1.165, 1.54) is 0 Å². The van der Waals surface area contributed by atoms with Crippen LogP contribution in [0.3, 0.4) is 0 Å². The summed E-state index contributed by atoms with van der Waals surface area (Å²) in [7, 11) is 0. The molecular weight excluding hydrogens is 411 g/mol. The van der Waals surface area contributed by atoms with Crippen LogP contribution < -0.4 is 4.74 Å². The number of ether oxygens (including phenoxy) is 3. The second kappa shape index (κ2) is 11.6. The molecule has 164 valence electrons. The highest BCUT2D eigenvalue weighted by Crippen LogP contribution is 2.33. The number of hydrogen-bond donors (Lipinski definition) is 2. The van der Waals surface area contributed by atoms with Crippen molar-refractivity contribution in [3.63, 3.8) is 0 Å². The van der Waals surface area contributed by atoms with E-state index >= 15 is 0 Å². The Morgan fingerprint density at radius 1 is 1.07 bits per heavy atom. The third-order valence-corrected chi connectivity index (χ3v) is 5.43. The summed E-state index contributed by atoms with van der Waals surface area (Å²) in [6, 6.07) is 13.5. The number of halogens is 2. The van der Waals surface area contributed by atoms with Crippen molar-refractivity contribution >= 4 is 11.6 Å². The van der Waals surface area contributed by atoms with Crippen LogP contribution >= 0.6 is 11.6 Å². The highest BCUT2D eigenvalue weighted by atomic mass is 35.5. The Bertz CT molecular complexity index is 786. The fourth-order valence-corrected chi connectivity index (χ4v) is 3.74. The van der Waals surface area contributed by atoms with Crippen LogP contribution in [0.4, 0.5) is 4.39 Å². The van der Waals surface area contributed by atoms with Crippen molar-refractivity contribution < 1.29 is 28.8 Å². The standard InChI is InChI=1S/C23H28ClFO5/c24-22-6-3-17(23-14-19(27)13-21(15-26)30-23)12-18(22)11-16-1-4-20(5-2-16)29-10-9-28-8-7-25/h1-6,12,19,21,23,26-27H,7-11,13-15H2/t19-,21-,23?/m0/s1. The molecule has 2 aromatic rings. The second-order valence-electron chi connectivity index (χ2n) is 7.38. The molecule has 2 N–H and O–H groups in total. The van der Waals surface area contributed by atoms with Crippen molar-refractivity contribution in [1.29, 1.82) is 0 Å². The smallest absolute Gasteiger partial charge is 0.119 e. The first-order valence-electron chi connectivity index (χ1n) is 10.2. The Labute approximate surface area is 181 Å². The first-order chi connectivity index (χ1) is 14.6. The van der Waals surface area contributed by atoms with Crippen LogP contribution in [0.1, 0.15) is 35.6 Å². The molecule has 0 bridgehead atoms. The van der Waals surface area contributed by atoms with Gasteiger partial charge in [0.2, 0.25) is 0 Å². The fourth-order valence-electron chi connectivity index (χ4n) is 3.55. The SMILES string of the molecule is OC[C@@H]1C[C@H](O)CC(c2ccc(Cl)c(Cc3ccc(OCCOCCF)cc3)c2)O1. The van der Waals surface area contributed by atoms with Crippen molar-refractivity contribution in [2.45, 2.75) is 37.6 Å². The molecule has 5 nitrogen and oxygen atoms in total. The lowest BCUT2D eigenvalue weighted by Crippen LogP contribution is -2.33. The molecule has 0 spiro atoms. The summed E-state index contributed by atoms with van der Waals surface area (Å²) in [4.78, 5) is 0. The van der Waals surface area contributed by atoms with Crippen molar-refractivity contribution in [3.05, 3.63) is 64.2 Å². The monoisotopic (exact) mass is 438 g/mol. The van der Waals surface area contributed by atoms with Gasteiger partial charge in [-0.3, -0.25) is 0 Å². The molecule has 3 rings (SSSR count). The third kappa shape index (κ3) is 6.65. The first kappa shape index (κ1) is 23.0. The number of rotatable bonds is 10. The molecule has 1 fully saturated rings. The molecule has 0 saturated carbocycles. The number of benzene rings is 2. The highest BCUT2D eigenvalue weighted by Gasteiger charge is 2.29. The maximum Gasteiger partial charge on any atom is 0.119 e. The van der Waals surface area contributed by atoms with E-state index in [2.05, 4.69) is 0 Å². The first-order valence-corrected chi connectivity index (χ1v) is 10.5. The minimum Gasteiger partial charge on any atom is -0.491 e. The zero-order valence-electron chi connectivity index (χ0n) is 16.8. The molecule has 30 heavy (non-hydrogen) atoms. The number of aliphatic hydroxyl groups excluding tert-OH is 2. The molecule has 1 saturated heterocycles. The van der Waals surface area contributed by atoms with Gasteiger partial charge in [0.25, 0.3) is 0 Å². The summed E-state index contributed by atoms with van der Waals surface area (Å²) in [6.45, 7) is 0.213. The normalized spacial score (nSPS) is 21.5. The Kier molecular flexibility index (Phi) is 8.90. The van der Waals surface area contributed by atoms with E-state index < -0.39 is 12.8 Å². The summed E-state index contributed by atoms with van der Waals surface area (Å²) < 4.78 is 28.5. The van der Waals surface area contributed by atoms with Crippen LogP contribution in [0.25, 0.3) is 0 Å². The zero-order valence-corrected chi connectivity index (χ0v) is 17.6. The maximum atomic E-state index is 12.0. The number of alkyl halides is 1. The van der Waals surface area contributed by atoms with Crippen LogP contribution in [0.2, 0.25) is 5.02 Å². The third-order valence-electron chi connectivity index (χ3n) is 5.06. The molecule has 1 aliphatic rings. The maximum absolute atomic E-state index is 12.0. The molecule has 0 aliphatic carbocycles. The van der Waals surface area contributed by atoms with Crippen molar-refractivity contribution in [3.8, 4) is 5.75 Å². The van der Waals surface area contributed by atoms with Gasteiger partial charge in [-0.2, -0.15) is 0 Å². The van der Waals surface area contributed by atoms with Gasteiger partial charge < -0.3 is 24.4 Å². The van der Waals surface area contributed by atoms with E-state index in [1.54, 1.807) is 0 Å². The molecule has 3 atom stereocenters. The minimum absolute atomic E-state index is 0.0909. The molecule has 2 aromatic carbocycles. The lowest BCUT2D eigenvalue weighted by atomic mass is 9.94. The predicted molar refractivity (Wildman–Crippen MR) is 113 cm³/mol. The zero-order chi connectivity index (χ0) is 21.3. The van der Waals surface area contributed by atoms with E-state index in [0.717, 1.165) is 22.4 Å². The van der Waals surface area contributed by atoms with E-state index in [-0.39, 0.29) is 25.4 Å². The van der Waals surface area contributed by atoms with E-state index in [4.69, 9.17) is 25.8 Å². The quantitative estimate of drug-likeness (QED) is 0.551. The topological polar surface area (TPSA) is 68.2 Å². The van der Waals surface area contributed by atoms with Crippen molar-refractivity contribution in [2.75, 3.05) is 33.1 Å². The van der Waals surface area contributed by atoms with Crippen LogP contribution in [0.5, 0.6) is 5.75 Å². The van der Waals surface area contributed by atoms with Gasteiger partial charge >= 0.3 is 0 Å². The highest BCUT2D eigenvalue weighted by molar-refractivity contribution is 6.31. The van der Waals surface area contributed by atoms with Crippen LogP contribution in [0.15, 0.2) is 42.5 Å². The Hall–Kier alpha value is -1.70. The van der Waals surface area contributed by atoms with Gasteiger partial charge in [-0.15, -0.1) is 0 Å². The molecule has 7 heteroatoms. The van der Waals surface area contributed by atoms with E-state index in [9.17, 15) is 14.6 Å². The van der Waals surface area contributed by atoms with Gasteiger partial charge in [-0.05, 0) is 41.3 Å². The molecule has 0 amide bonds. The van der Waals surface area contributed by atoms with E-state index in [1.807, 2.05) is 42.5 Å². The number of hydrogen-bond acceptors (Lipinski definition) is 5. The molecular formula is C23H28ClFO5. The number of aliphatic hydroxyl groups is 2. The minimum atomic E-state index is -0.492. The van der Waals surface area contributed by atoms with Crippen LogP contribution in [0, 0.1) is 0 Å². The molecule has 1 aliphatic heterocycles. The fraction of sp³-hybridized carbons (Fsp3) is 0.478. The molecule has 1 heterocycles. The Balaban J connectivity index is 1.61. The summed E-state index contributed by atoms with van der Waals surface area (Å²) in [5.41, 5.74) is 2.99. The van der Waals surface area contributed by atoms with Crippen molar-refractivity contribution in [1.82, 2.24) is 0 Å². The lowest BCUT2D eigenvalue weighted by molar-refractivity contribution is -0.113. The van der Waals surface area contributed by atoms with Crippen LogP contribution in [-0.2, 0) is 15.9 Å². The molecule has 1 unspecified atom stereocenters. The predicted octanol–water partition coefficient (Wildman–Crippen LogP) is 3.87. The van der Waals surface area contributed by atoms with Gasteiger partial charge in [-0.25, -0.2) is 4.39 Å². The summed E-state index contributed by atoms with van der Waals surface area (Å²) in [5.74, 6) is 0.724. The Morgan fingerprint density at radius 2 is 1.87 bits per heavy atom. The molecule has 0 aromatic heterocycles. The van der Waals surface area contributed by atoms with E-state index in [0.29, 0.717) is 37.5 Å². The second-order valence-corrected chi connectivity index (χ2v) is 7.78. The van der Waals surface area contributed by atoms with Crippen LogP contribution in [-0.4, -0.2) is 55.5 Å². The van der Waals surface area contributed by atoms with Gasteiger partial charge in [0.15, 0.2) is 0 Å². The van der Waals surface area contributed by atoms with Gasteiger partial charge in [-0.1, -0.05) is 35.9 Å². The van der Waals surface area contributed by atoms with Gasteiger partial charge in [0.1, 0.15) is 19.0 Å². The summed E-state index contributed by atoms with van der Waals surface area (Å²) in [5, 5.41) is 20.1. The summed E-state index contributed by atoms with van der Waals surface area (Å²) in [6.07, 6.45) is 0.480. The average molecular weight is 439 g/mol. The summed E-state index contributed by atoms with van der Waals surface area (Å²) >= 11 is 6.42. The largest absolute Gasteiger partial charge is 0.491 e.